The number of rotatable bonds is 5. The molecule has 190 valence electrons. The molecule has 1 fully saturated rings. The van der Waals surface area contributed by atoms with E-state index >= 15 is 0 Å². The molecule has 0 unspecified atom stereocenters. The van der Waals surface area contributed by atoms with Gasteiger partial charge in [-0.05, 0) is 48.7 Å². The SMILES string of the molecule is CCc1c(-c2ccc(N3CCOCC3)cc2)n(S(=O)(=O)c2ccc(C)cc2)c2ncc3cnn(C)c3c12. The highest BCUT2D eigenvalue weighted by Crippen LogP contribution is 2.40. The number of pyridine rings is 1. The van der Waals surface area contributed by atoms with E-state index in [9.17, 15) is 8.42 Å². The number of ether oxygens (including phenoxy) is 1. The van der Waals surface area contributed by atoms with E-state index in [0.717, 1.165) is 51.8 Å². The topological polar surface area (TPSA) is 82.2 Å². The first-order valence-electron chi connectivity index (χ1n) is 12.5. The fourth-order valence-electron chi connectivity index (χ4n) is 5.27. The van der Waals surface area contributed by atoms with Gasteiger partial charge in [-0.2, -0.15) is 5.10 Å². The van der Waals surface area contributed by atoms with Crippen LogP contribution in [0, 0.1) is 6.92 Å². The predicted octanol–water partition coefficient (Wildman–Crippen LogP) is 4.53. The van der Waals surface area contributed by atoms with Gasteiger partial charge in [0.05, 0.1) is 35.5 Å². The molecule has 9 heteroatoms. The zero-order chi connectivity index (χ0) is 25.7. The molecule has 0 bridgehead atoms. The van der Waals surface area contributed by atoms with Crippen LogP contribution in [0.1, 0.15) is 18.1 Å². The highest BCUT2D eigenvalue weighted by molar-refractivity contribution is 7.90. The van der Waals surface area contributed by atoms with Crippen molar-refractivity contribution in [3.05, 3.63) is 72.1 Å². The number of anilines is 1. The number of morpholine rings is 1. The summed E-state index contributed by atoms with van der Waals surface area (Å²) in [5.74, 6) is 0. The van der Waals surface area contributed by atoms with Gasteiger partial charge in [-0.15, -0.1) is 0 Å². The average molecular weight is 516 g/mol. The zero-order valence-corrected chi connectivity index (χ0v) is 22.0. The quantitative estimate of drug-likeness (QED) is 0.342. The second-order valence-corrected chi connectivity index (χ2v) is 11.2. The molecule has 3 aromatic heterocycles. The summed E-state index contributed by atoms with van der Waals surface area (Å²) in [6.07, 6.45) is 4.11. The monoisotopic (exact) mass is 515 g/mol. The predicted molar refractivity (Wildman–Crippen MR) is 146 cm³/mol. The lowest BCUT2D eigenvalue weighted by Gasteiger charge is -2.29. The van der Waals surface area contributed by atoms with Crippen LogP contribution in [-0.2, 0) is 28.2 Å². The molecule has 0 saturated carbocycles. The largest absolute Gasteiger partial charge is 0.378 e. The van der Waals surface area contributed by atoms with Crippen molar-refractivity contribution in [2.75, 3.05) is 31.2 Å². The minimum absolute atomic E-state index is 0.232. The van der Waals surface area contributed by atoms with Gasteiger partial charge in [-0.1, -0.05) is 36.8 Å². The normalized spacial score (nSPS) is 14.6. The Morgan fingerprint density at radius 2 is 1.68 bits per heavy atom. The molecule has 5 aromatic rings. The fraction of sp³-hybridized carbons (Fsp3) is 0.286. The Labute approximate surface area is 216 Å². The summed E-state index contributed by atoms with van der Waals surface area (Å²) in [5, 5.41) is 6.13. The molecule has 0 spiro atoms. The van der Waals surface area contributed by atoms with Crippen LogP contribution < -0.4 is 4.90 Å². The van der Waals surface area contributed by atoms with Crippen LogP contribution in [0.15, 0.2) is 65.8 Å². The number of fused-ring (bicyclic) bond motifs is 3. The number of aromatic nitrogens is 4. The molecule has 0 N–H and O–H groups in total. The number of hydrogen-bond acceptors (Lipinski definition) is 6. The summed E-state index contributed by atoms with van der Waals surface area (Å²) in [7, 11) is -2.07. The molecule has 1 aliphatic heterocycles. The molecular formula is C28H29N5O3S. The minimum atomic E-state index is -3.95. The van der Waals surface area contributed by atoms with Crippen molar-refractivity contribution in [2.45, 2.75) is 25.2 Å². The second kappa shape index (κ2) is 9.00. The van der Waals surface area contributed by atoms with Gasteiger partial charge in [0.1, 0.15) is 0 Å². The smallest absolute Gasteiger partial charge is 0.269 e. The molecule has 0 amide bonds. The molecule has 4 heterocycles. The van der Waals surface area contributed by atoms with Gasteiger partial charge < -0.3 is 9.64 Å². The van der Waals surface area contributed by atoms with E-state index in [1.807, 2.05) is 38.2 Å². The molecule has 0 aliphatic carbocycles. The van der Waals surface area contributed by atoms with E-state index < -0.39 is 10.0 Å². The number of benzene rings is 2. The Kier molecular flexibility index (Phi) is 5.77. The zero-order valence-electron chi connectivity index (χ0n) is 21.2. The maximum absolute atomic E-state index is 14.2. The van der Waals surface area contributed by atoms with Crippen LogP contribution in [0.25, 0.3) is 33.2 Å². The highest BCUT2D eigenvalue weighted by atomic mass is 32.2. The molecule has 37 heavy (non-hydrogen) atoms. The summed E-state index contributed by atoms with van der Waals surface area (Å²) in [5.41, 5.74) is 5.81. The number of hydrogen-bond donors (Lipinski definition) is 0. The lowest BCUT2D eigenvalue weighted by molar-refractivity contribution is 0.122. The maximum Gasteiger partial charge on any atom is 0.269 e. The summed E-state index contributed by atoms with van der Waals surface area (Å²) < 4.78 is 37.2. The van der Waals surface area contributed by atoms with Crippen molar-refractivity contribution in [3.8, 4) is 11.3 Å². The van der Waals surface area contributed by atoms with Gasteiger partial charge >= 0.3 is 0 Å². The standard InChI is InChI=1S/C28H29N5O3S/c1-4-24-25-27-21(18-30-31(27)3)17-29-28(25)33(37(34,35)23-11-5-19(2)6-12-23)26(24)20-7-9-22(10-8-20)32-13-15-36-16-14-32/h5-12,17-18H,4,13-16H2,1-3H3. The van der Waals surface area contributed by atoms with Crippen LogP contribution in [0.3, 0.4) is 0 Å². The fourth-order valence-corrected chi connectivity index (χ4v) is 6.78. The number of aryl methyl sites for hydroxylation is 3. The third-order valence-corrected chi connectivity index (χ3v) is 8.87. The average Bonchev–Trinajstić information content (AvgIpc) is 3.47. The van der Waals surface area contributed by atoms with E-state index in [2.05, 4.69) is 34.0 Å². The summed E-state index contributed by atoms with van der Waals surface area (Å²) in [6, 6.07) is 15.1. The molecule has 8 nitrogen and oxygen atoms in total. The molecule has 2 aromatic carbocycles. The van der Waals surface area contributed by atoms with E-state index in [4.69, 9.17) is 4.74 Å². The van der Waals surface area contributed by atoms with Crippen molar-refractivity contribution in [3.63, 3.8) is 0 Å². The van der Waals surface area contributed by atoms with Crippen molar-refractivity contribution in [2.24, 2.45) is 7.05 Å². The van der Waals surface area contributed by atoms with Crippen LogP contribution in [0.2, 0.25) is 0 Å². The third kappa shape index (κ3) is 3.81. The molecule has 0 radical (unpaired) electrons. The highest BCUT2D eigenvalue weighted by Gasteiger charge is 2.30. The van der Waals surface area contributed by atoms with Crippen LogP contribution >= 0.6 is 0 Å². The van der Waals surface area contributed by atoms with Crippen LogP contribution in [0.5, 0.6) is 0 Å². The Balaban J connectivity index is 1.64. The van der Waals surface area contributed by atoms with Crippen LogP contribution in [-0.4, -0.2) is 53.5 Å². The van der Waals surface area contributed by atoms with Crippen molar-refractivity contribution < 1.29 is 13.2 Å². The minimum Gasteiger partial charge on any atom is -0.378 e. The van der Waals surface area contributed by atoms with Crippen molar-refractivity contribution in [1.82, 2.24) is 18.7 Å². The Morgan fingerprint density at radius 1 is 0.973 bits per heavy atom. The van der Waals surface area contributed by atoms with Gasteiger partial charge in [0.15, 0.2) is 5.65 Å². The Morgan fingerprint density at radius 3 is 2.35 bits per heavy atom. The first kappa shape index (κ1) is 23.7. The van der Waals surface area contributed by atoms with E-state index in [1.165, 1.54) is 3.97 Å². The first-order valence-corrected chi connectivity index (χ1v) is 13.9. The third-order valence-electron chi connectivity index (χ3n) is 7.17. The van der Waals surface area contributed by atoms with Crippen molar-refractivity contribution >= 4 is 37.6 Å². The molecule has 0 atom stereocenters. The molecule has 1 saturated heterocycles. The van der Waals surface area contributed by atoms with Crippen molar-refractivity contribution in [1.29, 1.82) is 0 Å². The molecular weight excluding hydrogens is 486 g/mol. The summed E-state index contributed by atoms with van der Waals surface area (Å²) in [6.45, 7) is 7.08. The van der Waals surface area contributed by atoms with E-state index in [0.29, 0.717) is 31.0 Å². The first-order chi connectivity index (χ1) is 17.9. The van der Waals surface area contributed by atoms with Gasteiger partial charge in [0.25, 0.3) is 10.0 Å². The van der Waals surface area contributed by atoms with E-state index in [-0.39, 0.29) is 4.90 Å². The summed E-state index contributed by atoms with van der Waals surface area (Å²) >= 11 is 0. The van der Waals surface area contributed by atoms with Gasteiger partial charge in [0.2, 0.25) is 0 Å². The van der Waals surface area contributed by atoms with E-state index in [1.54, 1.807) is 29.2 Å². The lowest BCUT2D eigenvalue weighted by atomic mass is 10.0. The molecule has 1 aliphatic rings. The number of nitrogens with zero attached hydrogens (tertiary/aromatic N) is 5. The second-order valence-electron chi connectivity index (χ2n) is 9.44. The maximum atomic E-state index is 14.2. The summed E-state index contributed by atoms with van der Waals surface area (Å²) in [4.78, 5) is 7.20. The van der Waals surface area contributed by atoms with Gasteiger partial charge in [0, 0.05) is 42.8 Å². The van der Waals surface area contributed by atoms with Crippen LogP contribution in [0.4, 0.5) is 5.69 Å². The van der Waals surface area contributed by atoms with Gasteiger partial charge in [-0.3, -0.25) is 4.68 Å². The Bertz CT molecular complexity index is 1710. The lowest BCUT2D eigenvalue weighted by Crippen LogP contribution is -2.36. The van der Waals surface area contributed by atoms with Gasteiger partial charge in [-0.25, -0.2) is 17.4 Å². The Hall–Kier alpha value is -3.69. The molecule has 6 rings (SSSR count).